The molecule has 0 amide bonds. The van der Waals surface area contributed by atoms with Gasteiger partial charge in [0.2, 0.25) is 10.0 Å². The fraction of sp³-hybridized carbons (Fsp3) is 0.571. The lowest BCUT2D eigenvalue weighted by Gasteiger charge is -2.33. The molecule has 8 heteroatoms. The summed E-state index contributed by atoms with van der Waals surface area (Å²) >= 11 is 0. The van der Waals surface area contributed by atoms with Crippen LogP contribution in [0.5, 0.6) is 0 Å². The smallest absolute Gasteiger partial charge is 0.243 e. The van der Waals surface area contributed by atoms with Gasteiger partial charge in [-0.25, -0.2) is 16.8 Å². The van der Waals surface area contributed by atoms with Gasteiger partial charge in [-0.05, 0) is 31.0 Å². The number of sulfone groups is 1. The van der Waals surface area contributed by atoms with Crippen molar-refractivity contribution >= 4 is 19.9 Å². The molecule has 0 radical (unpaired) electrons. The quantitative estimate of drug-likeness (QED) is 0.857. The highest BCUT2D eigenvalue weighted by Crippen LogP contribution is 2.26. The number of piperidine rings is 1. The molecule has 0 saturated carbocycles. The van der Waals surface area contributed by atoms with E-state index in [0.29, 0.717) is 6.54 Å². The van der Waals surface area contributed by atoms with E-state index in [4.69, 9.17) is 5.73 Å². The van der Waals surface area contributed by atoms with E-state index in [-0.39, 0.29) is 28.1 Å². The van der Waals surface area contributed by atoms with E-state index in [1.165, 1.54) is 35.5 Å². The monoisotopic (exact) mass is 346 g/mol. The van der Waals surface area contributed by atoms with Gasteiger partial charge in [0.25, 0.3) is 0 Å². The summed E-state index contributed by atoms with van der Waals surface area (Å²) < 4.78 is 50.9. The molecule has 0 bridgehead atoms. The molecule has 2 rings (SSSR count). The third-order valence-corrected chi connectivity index (χ3v) is 7.68. The lowest BCUT2D eigenvalue weighted by Crippen LogP contribution is -2.47. The Labute approximate surface area is 132 Å². The van der Waals surface area contributed by atoms with Crippen molar-refractivity contribution in [2.75, 3.05) is 18.8 Å². The zero-order chi connectivity index (χ0) is 16.4. The van der Waals surface area contributed by atoms with Gasteiger partial charge >= 0.3 is 0 Å². The van der Waals surface area contributed by atoms with E-state index in [1.54, 1.807) is 0 Å². The minimum Gasteiger partial charge on any atom is -0.329 e. The van der Waals surface area contributed by atoms with Crippen LogP contribution in [0.3, 0.4) is 0 Å². The topological polar surface area (TPSA) is 97.5 Å². The average molecular weight is 346 g/mol. The van der Waals surface area contributed by atoms with Crippen molar-refractivity contribution in [3.8, 4) is 0 Å². The Bertz CT molecular complexity index is 729. The van der Waals surface area contributed by atoms with Gasteiger partial charge in [-0.1, -0.05) is 19.4 Å². The maximum atomic E-state index is 12.8. The van der Waals surface area contributed by atoms with Crippen LogP contribution >= 0.6 is 0 Å². The molecule has 1 atom stereocenters. The Morgan fingerprint density at radius 1 is 1.18 bits per heavy atom. The fourth-order valence-corrected chi connectivity index (χ4v) is 5.41. The Morgan fingerprint density at radius 3 is 2.50 bits per heavy atom. The molecule has 0 unspecified atom stereocenters. The van der Waals surface area contributed by atoms with Crippen molar-refractivity contribution in [1.29, 1.82) is 0 Å². The fourth-order valence-electron chi connectivity index (χ4n) is 2.66. The van der Waals surface area contributed by atoms with Gasteiger partial charge in [0.1, 0.15) is 0 Å². The third-order valence-electron chi connectivity index (χ3n) is 4.00. The average Bonchev–Trinajstić information content (AvgIpc) is 2.54. The number of rotatable bonds is 5. The summed E-state index contributed by atoms with van der Waals surface area (Å²) in [5, 5.41) is 0. The summed E-state index contributed by atoms with van der Waals surface area (Å²) in [5.41, 5.74) is 5.69. The van der Waals surface area contributed by atoms with Crippen molar-refractivity contribution < 1.29 is 16.8 Å². The lowest BCUT2D eigenvalue weighted by molar-refractivity contribution is 0.257. The number of hydrogen-bond donors (Lipinski definition) is 1. The number of hydrogen-bond acceptors (Lipinski definition) is 5. The lowest BCUT2D eigenvalue weighted by atomic mass is 10.1. The highest BCUT2D eigenvalue weighted by Gasteiger charge is 2.33. The minimum atomic E-state index is -3.73. The van der Waals surface area contributed by atoms with Crippen molar-refractivity contribution in [3.05, 3.63) is 24.3 Å². The summed E-state index contributed by atoms with van der Waals surface area (Å²) in [4.78, 5) is 0.0553. The largest absolute Gasteiger partial charge is 0.329 e. The van der Waals surface area contributed by atoms with Gasteiger partial charge in [-0.15, -0.1) is 0 Å². The zero-order valence-corrected chi connectivity index (χ0v) is 14.2. The first-order chi connectivity index (χ1) is 10.3. The van der Waals surface area contributed by atoms with Crippen molar-refractivity contribution in [2.45, 2.75) is 42.0 Å². The molecule has 124 valence electrons. The van der Waals surface area contributed by atoms with Crippen LogP contribution in [-0.4, -0.2) is 46.0 Å². The van der Waals surface area contributed by atoms with Crippen molar-refractivity contribution in [3.63, 3.8) is 0 Å². The molecule has 0 aromatic heterocycles. The molecule has 2 N–H and O–H groups in total. The highest BCUT2D eigenvalue weighted by atomic mass is 32.2. The van der Waals surface area contributed by atoms with E-state index in [0.717, 1.165) is 19.3 Å². The van der Waals surface area contributed by atoms with Gasteiger partial charge in [0.05, 0.1) is 15.5 Å². The maximum absolute atomic E-state index is 12.8. The SMILES string of the molecule is CCS(=O)(=O)c1cccc(S(=O)(=O)N2CCCC[C@H]2CN)c1. The molecule has 1 fully saturated rings. The number of nitrogens with zero attached hydrogens (tertiary/aromatic N) is 1. The van der Waals surface area contributed by atoms with Crippen LogP contribution in [0.25, 0.3) is 0 Å². The van der Waals surface area contributed by atoms with Crippen molar-refractivity contribution in [2.24, 2.45) is 5.73 Å². The second-order valence-electron chi connectivity index (χ2n) is 5.38. The molecule has 1 aromatic rings. The summed E-state index contributed by atoms with van der Waals surface area (Å²) in [6.45, 7) is 2.23. The highest BCUT2D eigenvalue weighted by molar-refractivity contribution is 7.91. The van der Waals surface area contributed by atoms with Gasteiger partial charge in [-0.3, -0.25) is 0 Å². The Morgan fingerprint density at radius 2 is 1.86 bits per heavy atom. The van der Waals surface area contributed by atoms with Crippen LogP contribution in [0.2, 0.25) is 0 Å². The van der Waals surface area contributed by atoms with E-state index in [9.17, 15) is 16.8 Å². The molecule has 0 spiro atoms. The van der Waals surface area contributed by atoms with Gasteiger partial charge < -0.3 is 5.73 Å². The standard InChI is InChI=1S/C14H22N2O4S2/c1-2-21(17,18)13-7-5-8-14(10-13)22(19,20)16-9-4-3-6-12(16)11-15/h5,7-8,10,12H,2-4,6,9,11,15H2,1H3/t12-/m0/s1. The Kier molecular flexibility index (Phi) is 5.26. The molecular weight excluding hydrogens is 324 g/mol. The molecule has 1 aliphatic heterocycles. The molecular formula is C14H22N2O4S2. The van der Waals surface area contributed by atoms with Gasteiger partial charge in [0, 0.05) is 19.1 Å². The minimum absolute atomic E-state index is 0.0161. The second-order valence-corrected chi connectivity index (χ2v) is 9.55. The molecule has 22 heavy (non-hydrogen) atoms. The van der Waals surface area contributed by atoms with Crippen LogP contribution in [0.15, 0.2) is 34.1 Å². The first-order valence-corrected chi connectivity index (χ1v) is 10.5. The van der Waals surface area contributed by atoms with Crippen LogP contribution in [0.4, 0.5) is 0 Å². The third kappa shape index (κ3) is 3.34. The number of sulfonamides is 1. The molecule has 0 aliphatic carbocycles. The molecule has 1 heterocycles. The molecule has 6 nitrogen and oxygen atoms in total. The van der Waals surface area contributed by atoms with Gasteiger partial charge in [-0.2, -0.15) is 4.31 Å². The van der Waals surface area contributed by atoms with Crippen LogP contribution < -0.4 is 5.73 Å². The molecule has 1 aromatic carbocycles. The predicted octanol–water partition coefficient (Wildman–Crippen LogP) is 0.982. The summed E-state index contributed by atoms with van der Waals surface area (Å²) in [5.74, 6) is -0.0638. The van der Waals surface area contributed by atoms with Crippen LogP contribution in [0, 0.1) is 0 Å². The first-order valence-electron chi connectivity index (χ1n) is 7.37. The number of nitrogens with two attached hydrogens (primary N) is 1. The maximum Gasteiger partial charge on any atom is 0.243 e. The summed E-state index contributed by atoms with van der Waals surface area (Å²) in [6.07, 6.45) is 2.49. The summed E-state index contributed by atoms with van der Waals surface area (Å²) in [7, 11) is -7.16. The Balaban J connectivity index is 2.44. The summed E-state index contributed by atoms with van der Waals surface area (Å²) in [6, 6.07) is 5.36. The van der Waals surface area contributed by atoms with E-state index in [2.05, 4.69) is 0 Å². The predicted molar refractivity (Wildman–Crippen MR) is 84.8 cm³/mol. The second kappa shape index (κ2) is 6.66. The van der Waals surface area contributed by atoms with Crippen molar-refractivity contribution in [1.82, 2.24) is 4.31 Å². The number of benzene rings is 1. The molecule has 1 saturated heterocycles. The van der Waals surface area contributed by atoms with E-state index in [1.807, 2.05) is 0 Å². The van der Waals surface area contributed by atoms with E-state index >= 15 is 0 Å². The normalized spacial score (nSPS) is 20.9. The molecule has 1 aliphatic rings. The Hall–Kier alpha value is -0.960. The zero-order valence-electron chi connectivity index (χ0n) is 12.6. The van der Waals surface area contributed by atoms with E-state index < -0.39 is 19.9 Å². The van der Waals surface area contributed by atoms with Gasteiger partial charge in [0.15, 0.2) is 9.84 Å². The first kappa shape index (κ1) is 17.4. The van der Waals surface area contributed by atoms with Crippen LogP contribution in [0.1, 0.15) is 26.2 Å². The van der Waals surface area contributed by atoms with Crippen LogP contribution in [-0.2, 0) is 19.9 Å².